The highest BCUT2D eigenvalue weighted by Crippen LogP contribution is 2.26. The lowest BCUT2D eigenvalue weighted by atomic mass is 10.0. The summed E-state index contributed by atoms with van der Waals surface area (Å²) >= 11 is 0. The molecule has 6 nitrogen and oxygen atoms in total. The molecule has 0 radical (unpaired) electrons. The van der Waals surface area contributed by atoms with Gasteiger partial charge in [-0.1, -0.05) is 56.3 Å². The lowest BCUT2D eigenvalue weighted by molar-refractivity contribution is -0.114. The number of aryl methyl sites for hydroxylation is 1. The number of rotatable bonds is 10. The molecule has 0 saturated heterocycles. The van der Waals surface area contributed by atoms with Gasteiger partial charge in [-0.3, -0.25) is 9.10 Å². The fourth-order valence-corrected chi connectivity index (χ4v) is 4.72. The summed E-state index contributed by atoms with van der Waals surface area (Å²) in [6.45, 7) is 9.64. The van der Waals surface area contributed by atoms with Crippen molar-refractivity contribution in [3.05, 3.63) is 96.6 Å². The summed E-state index contributed by atoms with van der Waals surface area (Å²) in [6, 6.07) is 20.7. The van der Waals surface area contributed by atoms with Crippen LogP contribution in [0.2, 0.25) is 0 Å². The summed E-state index contributed by atoms with van der Waals surface area (Å²) in [5.41, 5.74) is 3.00. The molecule has 7 heteroatoms. The van der Waals surface area contributed by atoms with Crippen molar-refractivity contribution in [1.82, 2.24) is 0 Å². The minimum Gasteiger partial charge on any atom is -0.490 e. The Morgan fingerprint density at radius 3 is 2.18 bits per heavy atom. The Morgan fingerprint density at radius 1 is 1.00 bits per heavy atom. The molecular weight excluding hydrogens is 448 g/mol. The molecule has 1 N–H and O–H groups in total. The third-order valence-corrected chi connectivity index (χ3v) is 7.04. The Kier molecular flexibility index (Phi) is 8.12. The molecule has 178 valence electrons. The second-order valence-corrected chi connectivity index (χ2v) is 10.1. The SMILES string of the molecule is C=CCOc1ccc(NC(=O)CN(c2ccc(C(C)C)cc2)S(=O)(=O)c2ccc(C)cc2)cc1. The first-order chi connectivity index (χ1) is 16.2. The minimum atomic E-state index is -3.97. The van der Waals surface area contributed by atoms with Crippen molar-refractivity contribution in [2.24, 2.45) is 0 Å². The Hall–Kier alpha value is -3.58. The molecule has 0 aromatic heterocycles. The number of amides is 1. The van der Waals surface area contributed by atoms with Crippen LogP contribution in [-0.4, -0.2) is 27.5 Å². The maximum atomic E-state index is 13.5. The molecule has 0 bridgehead atoms. The zero-order valence-corrected chi connectivity index (χ0v) is 20.5. The summed E-state index contributed by atoms with van der Waals surface area (Å²) in [7, 11) is -3.97. The van der Waals surface area contributed by atoms with E-state index in [9.17, 15) is 13.2 Å². The van der Waals surface area contributed by atoms with Crippen LogP contribution in [0.3, 0.4) is 0 Å². The summed E-state index contributed by atoms with van der Waals surface area (Å²) in [6.07, 6.45) is 1.65. The Balaban J connectivity index is 1.86. The molecule has 0 aliphatic heterocycles. The van der Waals surface area contributed by atoms with Gasteiger partial charge in [-0.15, -0.1) is 0 Å². The monoisotopic (exact) mass is 478 g/mol. The number of anilines is 2. The van der Waals surface area contributed by atoms with Gasteiger partial charge in [-0.2, -0.15) is 0 Å². The molecule has 0 heterocycles. The molecule has 0 spiro atoms. The Labute approximate surface area is 201 Å². The van der Waals surface area contributed by atoms with E-state index in [2.05, 4.69) is 25.7 Å². The van der Waals surface area contributed by atoms with Gasteiger partial charge in [-0.05, 0) is 66.9 Å². The molecule has 34 heavy (non-hydrogen) atoms. The highest BCUT2D eigenvalue weighted by Gasteiger charge is 2.27. The molecule has 0 saturated carbocycles. The second kappa shape index (κ2) is 11.0. The summed E-state index contributed by atoms with van der Waals surface area (Å²) in [4.78, 5) is 13.0. The van der Waals surface area contributed by atoms with Gasteiger partial charge in [0.15, 0.2) is 0 Å². The van der Waals surface area contributed by atoms with E-state index in [4.69, 9.17) is 4.74 Å². The quantitative estimate of drug-likeness (QED) is 0.390. The van der Waals surface area contributed by atoms with Crippen LogP contribution < -0.4 is 14.4 Å². The van der Waals surface area contributed by atoms with E-state index in [1.165, 1.54) is 0 Å². The number of sulfonamides is 1. The topological polar surface area (TPSA) is 75.7 Å². The maximum Gasteiger partial charge on any atom is 0.264 e. The molecule has 0 aliphatic carbocycles. The number of carbonyl (C=O) groups excluding carboxylic acids is 1. The van der Waals surface area contributed by atoms with E-state index in [0.717, 1.165) is 15.4 Å². The first-order valence-corrected chi connectivity index (χ1v) is 12.5. The van der Waals surface area contributed by atoms with Crippen molar-refractivity contribution in [3.63, 3.8) is 0 Å². The zero-order valence-electron chi connectivity index (χ0n) is 19.7. The zero-order chi connectivity index (χ0) is 24.7. The van der Waals surface area contributed by atoms with Crippen LogP contribution in [0.1, 0.15) is 30.9 Å². The molecule has 3 aromatic carbocycles. The van der Waals surface area contributed by atoms with E-state index < -0.39 is 15.9 Å². The van der Waals surface area contributed by atoms with Gasteiger partial charge >= 0.3 is 0 Å². The standard InChI is InChI=1S/C27H30N2O4S/c1-5-18-33-25-14-10-23(11-15-25)28-27(30)19-29(24-12-8-22(9-13-24)20(2)3)34(31,32)26-16-6-21(4)7-17-26/h5-17,20H,1,18-19H2,2-4H3,(H,28,30). The van der Waals surface area contributed by atoms with Crippen LogP contribution in [0, 0.1) is 6.92 Å². The van der Waals surface area contributed by atoms with E-state index >= 15 is 0 Å². The maximum absolute atomic E-state index is 13.5. The lowest BCUT2D eigenvalue weighted by Gasteiger charge is -2.24. The lowest BCUT2D eigenvalue weighted by Crippen LogP contribution is -2.38. The van der Waals surface area contributed by atoms with Crippen LogP contribution >= 0.6 is 0 Å². The molecule has 0 unspecified atom stereocenters. The largest absolute Gasteiger partial charge is 0.490 e. The van der Waals surface area contributed by atoms with Gasteiger partial charge in [0.05, 0.1) is 10.6 Å². The van der Waals surface area contributed by atoms with Gasteiger partial charge in [0, 0.05) is 5.69 Å². The predicted molar refractivity (Wildman–Crippen MR) is 137 cm³/mol. The van der Waals surface area contributed by atoms with E-state index in [1.807, 2.05) is 19.1 Å². The number of nitrogens with one attached hydrogen (secondary N) is 1. The third kappa shape index (κ3) is 6.26. The number of ether oxygens (including phenoxy) is 1. The normalized spacial score (nSPS) is 11.2. The Bertz CT molecular complexity index is 1220. The molecular formula is C27H30N2O4S. The van der Waals surface area contributed by atoms with Gasteiger partial charge < -0.3 is 10.1 Å². The highest BCUT2D eigenvalue weighted by atomic mass is 32.2. The smallest absolute Gasteiger partial charge is 0.264 e. The van der Waals surface area contributed by atoms with Gasteiger partial charge in [0.25, 0.3) is 10.0 Å². The van der Waals surface area contributed by atoms with Crippen LogP contribution in [0.4, 0.5) is 11.4 Å². The van der Waals surface area contributed by atoms with Crippen molar-refractivity contribution in [2.45, 2.75) is 31.6 Å². The van der Waals surface area contributed by atoms with Crippen molar-refractivity contribution in [2.75, 3.05) is 22.8 Å². The van der Waals surface area contributed by atoms with Crippen LogP contribution in [0.5, 0.6) is 5.75 Å². The van der Waals surface area contributed by atoms with Crippen molar-refractivity contribution >= 4 is 27.3 Å². The number of benzene rings is 3. The third-order valence-electron chi connectivity index (χ3n) is 5.25. The molecule has 3 aromatic rings. The minimum absolute atomic E-state index is 0.127. The van der Waals surface area contributed by atoms with Crippen LogP contribution in [-0.2, 0) is 14.8 Å². The summed E-state index contributed by atoms with van der Waals surface area (Å²) in [5, 5.41) is 2.77. The van der Waals surface area contributed by atoms with E-state index in [1.54, 1.807) is 66.7 Å². The van der Waals surface area contributed by atoms with Gasteiger partial charge in [-0.25, -0.2) is 8.42 Å². The summed E-state index contributed by atoms with van der Waals surface area (Å²) in [5.74, 6) is 0.494. The van der Waals surface area contributed by atoms with Crippen LogP contribution in [0.25, 0.3) is 0 Å². The number of hydrogen-bond acceptors (Lipinski definition) is 4. The molecule has 0 fully saturated rings. The average molecular weight is 479 g/mol. The van der Waals surface area contributed by atoms with Crippen molar-refractivity contribution < 1.29 is 17.9 Å². The highest BCUT2D eigenvalue weighted by molar-refractivity contribution is 7.92. The predicted octanol–water partition coefficient (Wildman–Crippen LogP) is 5.52. The Morgan fingerprint density at radius 2 is 1.62 bits per heavy atom. The second-order valence-electron chi connectivity index (χ2n) is 8.24. The molecule has 0 aliphatic rings. The van der Waals surface area contributed by atoms with Crippen molar-refractivity contribution in [1.29, 1.82) is 0 Å². The first kappa shape index (κ1) is 25.1. The molecule has 1 amide bonds. The number of hydrogen-bond donors (Lipinski definition) is 1. The average Bonchev–Trinajstić information content (AvgIpc) is 2.82. The number of nitrogens with zero attached hydrogens (tertiary/aromatic N) is 1. The molecule has 0 atom stereocenters. The van der Waals surface area contributed by atoms with Crippen LogP contribution in [0.15, 0.2) is 90.3 Å². The molecule has 3 rings (SSSR count). The fraction of sp³-hybridized carbons (Fsp3) is 0.222. The van der Waals surface area contributed by atoms with E-state index in [0.29, 0.717) is 29.6 Å². The van der Waals surface area contributed by atoms with E-state index in [-0.39, 0.29) is 11.4 Å². The van der Waals surface area contributed by atoms with Gasteiger partial charge in [0.2, 0.25) is 5.91 Å². The summed E-state index contributed by atoms with van der Waals surface area (Å²) < 4.78 is 33.6. The fourth-order valence-electron chi connectivity index (χ4n) is 3.30. The van der Waals surface area contributed by atoms with Crippen molar-refractivity contribution in [3.8, 4) is 5.75 Å². The number of carbonyl (C=O) groups is 1. The van der Waals surface area contributed by atoms with Gasteiger partial charge in [0.1, 0.15) is 18.9 Å². The first-order valence-electron chi connectivity index (χ1n) is 11.0.